The molecule has 3 fully saturated rings. The lowest BCUT2D eigenvalue weighted by atomic mass is 10.0. The van der Waals surface area contributed by atoms with Crippen molar-refractivity contribution >= 4 is 11.8 Å². The van der Waals surface area contributed by atoms with Gasteiger partial charge in [0, 0.05) is 31.1 Å². The first kappa shape index (κ1) is 15.4. The van der Waals surface area contributed by atoms with Gasteiger partial charge in [0.2, 0.25) is 11.5 Å². The van der Waals surface area contributed by atoms with Crippen molar-refractivity contribution in [3.8, 4) is 0 Å². The van der Waals surface area contributed by atoms with Gasteiger partial charge in [-0.2, -0.15) is 0 Å². The first-order valence-electron chi connectivity index (χ1n) is 8.66. The topological polar surface area (TPSA) is 73.5 Å². The monoisotopic (exact) mass is 329 g/mol. The van der Waals surface area contributed by atoms with Crippen LogP contribution in [0.3, 0.4) is 0 Å². The number of aromatic amines is 1. The second-order valence-electron chi connectivity index (χ2n) is 7.86. The van der Waals surface area contributed by atoms with Crippen LogP contribution in [0.4, 0.5) is 0 Å². The summed E-state index contributed by atoms with van der Waals surface area (Å²) in [6.45, 7) is 5.90. The summed E-state index contributed by atoms with van der Waals surface area (Å²) in [4.78, 5) is 43.5. The van der Waals surface area contributed by atoms with E-state index < -0.39 is 0 Å². The van der Waals surface area contributed by atoms with E-state index in [0.717, 1.165) is 19.3 Å². The van der Waals surface area contributed by atoms with Gasteiger partial charge in [-0.05, 0) is 31.2 Å². The fourth-order valence-electron chi connectivity index (χ4n) is 3.99. The molecule has 4 rings (SSSR count). The average molecular weight is 329 g/mol. The zero-order chi connectivity index (χ0) is 17.1. The maximum Gasteiger partial charge on any atom is 0.270 e. The molecule has 128 valence electrons. The summed E-state index contributed by atoms with van der Waals surface area (Å²) in [5.74, 6) is 0.555. The van der Waals surface area contributed by atoms with Gasteiger partial charge in [-0.1, -0.05) is 19.9 Å². The van der Waals surface area contributed by atoms with Gasteiger partial charge >= 0.3 is 0 Å². The van der Waals surface area contributed by atoms with E-state index >= 15 is 0 Å². The number of hydrogen-bond acceptors (Lipinski definition) is 3. The predicted molar refractivity (Wildman–Crippen MR) is 88.5 cm³/mol. The summed E-state index contributed by atoms with van der Waals surface area (Å²) in [5.41, 5.74) is -0.370. The van der Waals surface area contributed by atoms with E-state index in [-0.39, 0.29) is 28.3 Å². The Balaban J connectivity index is 1.52. The van der Waals surface area contributed by atoms with Crippen LogP contribution in [-0.4, -0.2) is 51.8 Å². The molecule has 3 aliphatic rings. The van der Waals surface area contributed by atoms with Gasteiger partial charge in [-0.3, -0.25) is 14.4 Å². The molecule has 6 heteroatoms. The Morgan fingerprint density at radius 1 is 1.25 bits per heavy atom. The first-order chi connectivity index (χ1) is 11.4. The van der Waals surface area contributed by atoms with Crippen LogP contribution in [0.5, 0.6) is 0 Å². The van der Waals surface area contributed by atoms with E-state index in [9.17, 15) is 14.4 Å². The standard InChI is InChI=1S/C18H23N3O3/c1-12-10-17(12,2)16(24)20-8-9-21(18(11-20)6-7-18)15(23)13-4-3-5-14(22)19-13/h3-5,12H,6-11H2,1-2H3,(H,19,22). The molecule has 1 aromatic rings. The van der Waals surface area contributed by atoms with Crippen molar-refractivity contribution in [1.29, 1.82) is 0 Å². The van der Waals surface area contributed by atoms with Crippen molar-refractivity contribution in [2.45, 2.75) is 38.6 Å². The van der Waals surface area contributed by atoms with Gasteiger partial charge < -0.3 is 14.8 Å². The highest BCUT2D eigenvalue weighted by molar-refractivity contribution is 5.93. The number of carbonyl (C=O) groups excluding carboxylic acids is 2. The SMILES string of the molecule is CC1CC1(C)C(=O)N1CCN(C(=O)c2cccc(=O)[nH]2)C2(CC2)C1. The predicted octanol–water partition coefficient (Wildman–Crippen LogP) is 1.24. The van der Waals surface area contributed by atoms with Crippen LogP contribution in [0.1, 0.15) is 43.6 Å². The molecule has 2 atom stereocenters. The lowest BCUT2D eigenvalue weighted by Crippen LogP contribution is -2.59. The Kier molecular flexibility index (Phi) is 3.18. The first-order valence-corrected chi connectivity index (χ1v) is 8.66. The van der Waals surface area contributed by atoms with Gasteiger partial charge in [-0.25, -0.2) is 0 Å². The minimum absolute atomic E-state index is 0.136. The van der Waals surface area contributed by atoms with Crippen LogP contribution in [0.25, 0.3) is 0 Å². The normalized spacial score (nSPS) is 30.3. The van der Waals surface area contributed by atoms with Crippen LogP contribution >= 0.6 is 0 Å². The minimum Gasteiger partial charge on any atom is -0.338 e. The molecule has 1 aromatic heterocycles. The number of carbonyl (C=O) groups is 2. The second-order valence-corrected chi connectivity index (χ2v) is 7.86. The molecule has 1 spiro atoms. The Bertz CT molecular complexity index is 767. The molecule has 0 radical (unpaired) electrons. The molecule has 24 heavy (non-hydrogen) atoms. The minimum atomic E-state index is -0.268. The Morgan fingerprint density at radius 2 is 1.96 bits per heavy atom. The lowest BCUT2D eigenvalue weighted by Gasteiger charge is -2.43. The van der Waals surface area contributed by atoms with Crippen LogP contribution in [-0.2, 0) is 4.79 Å². The summed E-state index contributed by atoms with van der Waals surface area (Å²) in [6, 6.07) is 4.64. The third-order valence-electron chi connectivity index (χ3n) is 6.16. The van der Waals surface area contributed by atoms with E-state index in [0.29, 0.717) is 31.2 Å². The van der Waals surface area contributed by atoms with E-state index in [4.69, 9.17) is 0 Å². The van der Waals surface area contributed by atoms with Crippen LogP contribution in [0.15, 0.2) is 23.0 Å². The quantitative estimate of drug-likeness (QED) is 0.887. The van der Waals surface area contributed by atoms with Crippen molar-refractivity contribution in [2.75, 3.05) is 19.6 Å². The summed E-state index contributed by atoms with van der Waals surface area (Å²) < 4.78 is 0. The van der Waals surface area contributed by atoms with Crippen LogP contribution in [0, 0.1) is 11.3 Å². The molecule has 0 aromatic carbocycles. The molecule has 1 aliphatic heterocycles. The number of nitrogens with one attached hydrogen (secondary N) is 1. The van der Waals surface area contributed by atoms with Gasteiger partial charge in [0.1, 0.15) is 5.69 Å². The van der Waals surface area contributed by atoms with Crippen molar-refractivity contribution in [1.82, 2.24) is 14.8 Å². The van der Waals surface area contributed by atoms with E-state index in [1.54, 1.807) is 12.1 Å². The molecule has 6 nitrogen and oxygen atoms in total. The number of H-pyrrole nitrogens is 1. The second kappa shape index (κ2) is 4.94. The third-order valence-corrected chi connectivity index (χ3v) is 6.16. The maximum atomic E-state index is 12.8. The van der Waals surface area contributed by atoms with Crippen molar-refractivity contribution in [2.24, 2.45) is 11.3 Å². The van der Waals surface area contributed by atoms with E-state index in [2.05, 4.69) is 11.9 Å². The van der Waals surface area contributed by atoms with Gasteiger partial charge in [-0.15, -0.1) is 0 Å². The summed E-state index contributed by atoms with van der Waals surface area (Å²) >= 11 is 0. The van der Waals surface area contributed by atoms with Gasteiger partial charge in [0.05, 0.1) is 5.54 Å². The third kappa shape index (κ3) is 2.27. The lowest BCUT2D eigenvalue weighted by molar-refractivity contribution is -0.140. The molecule has 2 unspecified atom stereocenters. The summed E-state index contributed by atoms with van der Waals surface area (Å²) in [7, 11) is 0. The molecular weight excluding hydrogens is 306 g/mol. The number of hydrogen-bond donors (Lipinski definition) is 1. The zero-order valence-corrected chi connectivity index (χ0v) is 14.2. The van der Waals surface area contributed by atoms with Crippen molar-refractivity contribution < 1.29 is 9.59 Å². The largest absolute Gasteiger partial charge is 0.338 e. The number of aromatic nitrogens is 1. The highest BCUT2D eigenvalue weighted by atomic mass is 16.2. The molecule has 2 amide bonds. The van der Waals surface area contributed by atoms with Gasteiger partial charge in [0.15, 0.2) is 0 Å². The molecule has 2 heterocycles. The van der Waals surface area contributed by atoms with Crippen molar-refractivity contribution in [3.05, 3.63) is 34.2 Å². The van der Waals surface area contributed by atoms with Crippen molar-refractivity contribution in [3.63, 3.8) is 0 Å². The maximum absolute atomic E-state index is 12.8. The molecule has 1 N–H and O–H groups in total. The molecule has 2 aliphatic carbocycles. The number of pyridine rings is 1. The number of piperazine rings is 1. The molecular formula is C18H23N3O3. The summed E-state index contributed by atoms with van der Waals surface area (Å²) in [5, 5.41) is 0. The number of amides is 2. The summed E-state index contributed by atoms with van der Waals surface area (Å²) in [6.07, 6.45) is 2.81. The van der Waals surface area contributed by atoms with E-state index in [1.807, 2.05) is 16.7 Å². The molecule has 0 bridgehead atoms. The fraction of sp³-hybridized carbons (Fsp3) is 0.611. The molecule has 2 saturated carbocycles. The number of nitrogens with zero attached hydrogens (tertiary/aromatic N) is 2. The van der Waals surface area contributed by atoms with E-state index in [1.165, 1.54) is 6.07 Å². The zero-order valence-electron chi connectivity index (χ0n) is 14.2. The van der Waals surface area contributed by atoms with Crippen LogP contribution < -0.4 is 5.56 Å². The Hall–Kier alpha value is -2.11. The highest BCUT2D eigenvalue weighted by Crippen LogP contribution is 2.54. The Morgan fingerprint density at radius 3 is 2.54 bits per heavy atom. The number of rotatable bonds is 2. The molecule has 1 saturated heterocycles. The highest BCUT2D eigenvalue weighted by Gasteiger charge is 2.59. The fourth-order valence-corrected chi connectivity index (χ4v) is 3.99. The average Bonchev–Trinajstić information content (AvgIpc) is 3.45. The Labute approximate surface area is 140 Å². The van der Waals surface area contributed by atoms with Crippen LogP contribution in [0.2, 0.25) is 0 Å². The van der Waals surface area contributed by atoms with Gasteiger partial charge in [0.25, 0.3) is 5.91 Å². The smallest absolute Gasteiger partial charge is 0.270 e.